The predicted octanol–water partition coefficient (Wildman–Crippen LogP) is 2.42. The molecule has 1 atom stereocenters. The van der Waals surface area contributed by atoms with Crippen LogP contribution in [0.1, 0.15) is 37.3 Å². The van der Waals surface area contributed by atoms with Crippen LogP contribution in [0.4, 0.5) is 0 Å². The second-order valence-corrected chi connectivity index (χ2v) is 5.80. The Morgan fingerprint density at radius 1 is 1.39 bits per heavy atom. The van der Waals surface area contributed by atoms with E-state index in [1.807, 2.05) is 0 Å². The molecule has 0 spiro atoms. The number of carbonyl (C=O) groups is 1. The van der Waals surface area contributed by atoms with Crippen LogP contribution >= 0.6 is 0 Å². The molecule has 1 aromatic carbocycles. The van der Waals surface area contributed by atoms with Crippen LogP contribution in [0.15, 0.2) is 24.3 Å². The fourth-order valence-corrected chi connectivity index (χ4v) is 2.43. The van der Waals surface area contributed by atoms with Gasteiger partial charge >= 0.3 is 5.97 Å². The molecule has 0 saturated carbocycles. The molecule has 1 heterocycles. The lowest BCUT2D eigenvalue weighted by Gasteiger charge is -2.19. The Kier molecular flexibility index (Phi) is 3.71. The van der Waals surface area contributed by atoms with Gasteiger partial charge in [-0.3, -0.25) is 4.79 Å². The highest BCUT2D eigenvalue weighted by molar-refractivity contribution is 5.74. The molecule has 98 valence electrons. The number of aliphatic carboxylic acids is 1. The van der Waals surface area contributed by atoms with Crippen molar-refractivity contribution < 1.29 is 9.90 Å². The van der Waals surface area contributed by atoms with Crippen molar-refractivity contribution in [1.29, 1.82) is 0 Å². The highest BCUT2D eigenvalue weighted by atomic mass is 16.4. The first-order valence-corrected chi connectivity index (χ1v) is 6.52. The van der Waals surface area contributed by atoms with Gasteiger partial charge in [0.1, 0.15) is 0 Å². The topological polar surface area (TPSA) is 49.3 Å². The lowest BCUT2D eigenvalue weighted by Crippen LogP contribution is -2.26. The molecule has 2 rings (SSSR count). The minimum Gasteiger partial charge on any atom is -0.481 e. The van der Waals surface area contributed by atoms with Crippen LogP contribution in [0.2, 0.25) is 0 Å². The third-order valence-corrected chi connectivity index (χ3v) is 3.74. The summed E-state index contributed by atoms with van der Waals surface area (Å²) in [5.41, 5.74) is 1.75. The van der Waals surface area contributed by atoms with Gasteiger partial charge in [0, 0.05) is 6.54 Å². The van der Waals surface area contributed by atoms with Crippen molar-refractivity contribution in [3.05, 3.63) is 35.4 Å². The summed E-state index contributed by atoms with van der Waals surface area (Å²) >= 11 is 0. The molecule has 1 fully saturated rings. The monoisotopic (exact) mass is 247 g/mol. The number of hydrogen-bond donors (Lipinski definition) is 2. The Hall–Kier alpha value is -1.35. The molecule has 0 aliphatic carbocycles. The lowest BCUT2D eigenvalue weighted by molar-refractivity contribution is -0.146. The Morgan fingerprint density at radius 2 is 2.06 bits per heavy atom. The van der Waals surface area contributed by atoms with Gasteiger partial charge in [-0.1, -0.05) is 24.3 Å². The average molecular weight is 247 g/mol. The van der Waals surface area contributed by atoms with Crippen molar-refractivity contribution in [2.75, 3.05) is 13.1 Å². The smallest absolute Gasteiger partial charge is 0.309 e. The van der Waals surface area contributed by atoms with E-state index < -0.39 is 11.4 Å². The van der Waals surface area contributed by atoms with E-state index in [9.17, 15) is 4.79 Å². The van der Waals surface area contributed by atoms with Crippen LogP contribution in [-0.2, 0) is 11.2 Å². The summed E-state index contributed by atoms with van der Waals surface area (Å²) in [5.74, 6) is -0.127. The fraction of sp³-hybridized carbons (Fsp3) is 0.533. The Morgan fingerprint density at radius 3 is 2.56 bits per heavy atom. The molecule has 0 amide bonds. The summed E-state index contributed by atoms with van der Waals surface area (Å²) < 4.78 is 0. The summed E-state index contributed by atoms with van der Waals surface area (Å²) in [5, 5.41) is 12.5. The van der Waals surface area contributed by atoms with Crippen LogP contribution in [0.5, 0.6) is 0 Å². The minimum absolute atomic E-state index is 0.575. The van der Waals surface area contributed by atoms with Gasteiger partial charge in [0.05, 0.1) is 5.41 Å². The Balaban J connectivity index is 2.05. The van der Waals surface area contributed by atoms with Crippen molar-refractivity contribution in [3.63, 3.8) is 0 Å². The highest BCUT2D eigenvalue weighted by Gasteiger charge is 2.27. The van der Waals surface area contributed by atoms with E-state index in [1.54, 1.807) is 13.8 Å². The molecule has 1 saturated heterocycles. The summed E-state index contributed by atoms with van der Waals surface area (Å²) in [4.78, 5) is 11.1. The maximum atomic E-state index is 11.1. The second kappa shape index (κ2) is 5.11. The Bertz CT molecular complexity index is 417. The maximum absolute atomic E-state index is 11.1. The van der Waals surface area contributed by atoms with Gasteiger partial charge in [-0.2, -0.15) is 0 Å². The third kappa shape index (κ3) is 2.91. The van der Waals surface area contributed by atoms with Gasteiger partial charge in [-0.25, -0.2) is 0 Å². The molecule has 3 nitrogen and oxygen atoms in total. The molecule has 0 radical (unpaired) electrons. The Labute approximate surface area is 108 Å². The number of carboxylic acids is 1. The first-order chi connectivity index (χ1) is 8.49. The van der Waals surface area contributed by atoms with E-state index in [0.29, 0.717) is 12.3 Å². The zero-order valence-electron chi connectivity index (χ0n) is 11.1. The van der Waals surface area contributed by atoms with Crippen LogP contribution < -0.4 is 5.32 Å². The molecule has 0 aromatic heterocycles. The minimum atomic E-state index is -0.744. The van der Waals surface area contributed by atoms with Gasteiger partial charge in [-0.15, -0.1) is 0 Å². The normalized spacial score (nSPS) is 20.0. The molecular weight excluding hydrogens is 226 g/mol. The molecule has 1 aliphatic rings. The number of benzene rings is 1. The van der Waals surface area contributed by atoms with Crippen LogP contribution in [0.3, 0.4) is 0 Å². The van der Waals surface area contributed by atoms with Crippen molar-refractivity contribution in [2.24, 2.45) is 5.41 Å². The molecule has 0 bridgehead atoms. The van der Waals surface area contributed by atoms with E-state index in [1.165, 1.54) is 12.0 Å². The van der Waals surface area contributed by atoms with E-state index in [-0.39, 0.29) is 0 Å². The SMILES string of the molecule is CC(C)(Cc1ccc(C2CCNC2)cc1)C(=O)O. The molecule has 3 heteroatoms. The highest BCUT2D eigenvalue weighted by Crippen LogP contribution is 2.25. The first kappa shape index (κ1) is 13.1. The zero-order valence-corrected chi connectivity index (χ0v) is 11.1. The van der Waals surface area contributed by atoms with Gasteiger partial charge in [0.15, 0.2) is 0 Å². The third-order valence-electron chi connectivity index (χ3n) is 3.74. The second-order valence-electron chi connectivity index (χ2n) is 5.80. The molecule has 18 heavy (non-hydrogen) atoms. The van der Waals surface area contributed by atoms with Crippen molar-refractivity contribution in [2.45, 2.75) is 32.6 Å². The van der Waals surface area contributed by atoms with Crippen LogP contribution in [0.25, 0.3) is 0 Å². The lowest BCUT2D eigenvalue weighted by atomic mass is 9.85. The number of rotatable bonds is 4. The number of nitrogens with one attached hydrogen (secondary N) is 1. The predicted molar refractivity (Wildman–Crippen MR) is 71.8 cm³/mol. The number of carboxylic acid groups (broad SMARTS) is 1. The first-order valence-electron chi connectivity index (χ1n) is 6.52. The summed E-state index contributed by atoms with van der Waals surface area (Å²) in [7, 11) is 0. The number of hydrogen-bond acceptors (Lipinski definition) is 2. The van der Waals surface area contributed by atoms with Crippen LogP contribution in [0, 0.1) is 5.41 Å². The molecule has 1 aromatic rings. The van der Waals surface area contributed by atoms with Crippen LogP contribution in [-0.4, -0.2) is 24.2 Å². The summed E-state index contributed by atoms with van der Waals surface area (Å²) in [6, 6.07) is 8.42. The molecule has 1 unspecified atom stereocenters. The zero-order chi connectivity index (χ0) is 13.2. The molecule has 2 N–H and O–H groups in total. The quantitative estimate of drug-likeness (QED) is 0.859. The average Bonchev–Trinajstić information content (AvgIpc) is 2.83. The van der Waals surface area contributed by atoms with Crippen molar-refractivity contribution in [1.82, 2.24) is 5.32 Å². The largest absolute Gasteiger partial charge is 0.481 e. The molecular formula is C15H21NO2. The summed E-state index contributed by atoms with van der Waals surface area (Å²) in [6.45, 7) is 5.69. The standard InChI is InChI=1S/C15H21NO2/c1-15(2,14(17)18)9-11-3-5-12(6-4-11)13-7-8-16-10-13/h3-6,13,16H,7-10H2,1-2H3,(H,17,18). The summed E-state index contributed by atoms with van der Waals surface area (Å²) in [6.07, 6.45) is 1.77. The van der Waals surface area contributed by atoms with E-state index in [4.69, 9.17) is 5.11 Å². The molecule has 1 aliphatic heterocycles. The van der Waals surface area contributed by atoms with E-state index in [0.717, 1.165) is 18.7 Å². The van der Waals surface area contributed by atoms with Crippen molar-refractivity contribution >= 4 is 5.97 Å². The fourth-order valence-electron chi connectivity index (χ4n) is 2.43. The van der Waals surface area contributed by atoms with Crippen molar-refractivity contribution in [3.8, 4) is 0 Å². The van der Waals surface area contributed by atoms with Gasteiger partial charge in [0.25, 0.3) is 0 Å². The van der Waals surface area contributed by atoms with Gasteiger partial charge in [0.2, 0.25) is 0 Å². The van der Waals surface area contributed by atoms with Gasteiger partial charge < -0.3 is 10.4 Å². The van der Waals surface area contributed by atoms with E-state index >= 15 is 0 Å². The van der Waals surface area contributed by atoms with Gasteiger partial charge in [-0.05, 0) is 50.3 Å². The maximum Gasteiger partial charge on any atom is 0.309 e. The van der Waals surface area contributed by atoms with E-state index in [2.05, 4.69) is 29.6 Å².